The third-order valence-corrected chi connectivity index (χ3v) is 4.41. The third kappa shape index (κ3) is 6.25. The van der Waals surface area contributed by atoms with Crippen LogP contribution in [0.1, 0.15) is 19.8 Å². The smallest absolute Gasteiger partial charge is 0.249 e. The summed E-state index contributed by atoms with van der Waals surface area (Å²) in [5, 5.41) is 1.68. The molecule has 2 aromatic rings. The van der Waals surface area contributed by atoms with Crippen LogP contribution in [0.5, 0.6) is 0 Å². The number of hydrogen-bond acceptors (Lipinski definition) is 4. The van der Waals surface area contributed by atoms with E-state index in [1.54, 1.807) is 16.9 Å². The second-order valence-corrected chi connectivity index (χ2v) is 6.63. The van der Waals surface area contributed by atoms with Crippen LogP contribution in [-0.2, 0) is 18.5 Å². The Morgan fingerprint density at radius 1 is 1.33 bits per heavy atom. The van der Waals surface area contributed by atoms with Gasteiger partial charge in [0, 0.05) is 0 Å². The molecule has 0 saturated carbocycles. The van der Waals surface area contributed by atoms with Gasteiger partial charge in [-0.25, -0.2) is 14.3 Å². The summed E-state index contributed by atoms with van der Waals surface area (Å²) in [5.74, 6) is 1.47. The molecule has 0 aliphatic carbocycles. The van der Waals surface area contributed by atoms with Gasteiger partial charge < -0.3 is 0 Å². The highest BCUT2D eigenvalue weighted by Gasteiger charge is 2.11. The van der Waals surface area contributed by atoms with Gasteiger partial charge in [-0.2, -0.15) is 17.2 Å². The van der Waals surface area contributed by atoms with Crippen LogP contribution in [0, 0.1) is 0 Å². The molecular weight excluding hydrogens is 322 g/mol. The van der Waals surface area contributed by atoms with Gasteiger partial charge >= 0.3 is 0 Å². The van der Waals surface area contributed by atoms with E-state index >= 15 is 0 Å². The van der Waals surface area contributed by atoms with Gasteiger partial charge in [0.05, 0.1) is 18.5 Å². The number of thioether (sulfide) groups is 1. The molecular formula is C17H26N5OS+. The Morgan fingerprint density at radius 2 is 2.12 bits per heavy atom. The average molecular weight is 348 g/mol. The maximum Gasteiger partial charge on any atom is 0.249 e. The molecule has 1 amide bonds. The number of carbonyl (C=O) groups excluding carboxylic acids is 1. The minimum absolute atomic E-state index is 0.00878. The summed E-state index contributed by atoms with van der Waals surface area (Å²) in [4.78, 5) is 12.2. The number of anilines is 1. The second kappa shape index (κ2) is 10.00. The van der Waals surface area contributed by atoms with E-state index in [-0.39, 0.29) is 5.91 Å². The van der Waals surface area contributed by atoms with Crippen molar-refractivity contribution in [1.29, 1.82) is 0 Å². The number of amides is 1. The summed E-state index contributed by atoms with van der Waals surface area (Å²) in [6.07, 6.45) is 8.21. The summed E-state index contributed by atoms with van der Waals surface area (Å²) < 4.78 is 3.97. The maximum absolute atomic E-state index is 12.2. The molecule has 0 bridgehead atoms. The number of rotatable bonds is 10. The number of aryl methyl sites for hydroxylation is 1. The first-order valence-corrected chi connectivity index (χ1v) is 9.31. The zero-order chi connectivity index (χ0) is 17.2. The van der Waals surface area contributed by atoms with Crippen LogP contribution < -0.4 is 20.5 Å². The zero-order valence-electron chi connectivity index (χ0n) is 14.3. The van der Waals surface area contributed by atoms with Gasteiger partial charge in [-0.15, -0.1) is 0 Å². The highest BCUT2D eigenvalue weighted by molar-refractivity contribution is 7.99. The van der Waals surface area contributed by atoms with Crippen molar-refractivity contribution < 1.29 is 9.36 Å². The van der Waals surface area contributed by atoms with E-state index in [1.165, 1.54) is 0 Å². The van der Waals surface area contributed by atoms with E-state index in [0.717, 1.165) is 24.3 Å². The second-order valence-electron chi connectivity index (χ2n) is 5.52. The van der Waals surface area contributed by atoms with Crippen molar-refractivity contribution in [3.63, 3.8) is 0 Å². The molecule has 2 rings (SSSR count). The van der Waals surface area contributed by atoms with E-state index in [4.69, 9.17) is 0 Å². The quantitative estimate of drug-likeness (QED) is 0.391. The highest BCUT2D eigenvalue weighted by atomic mass is 32.2. The lowest BCUT2D eigenvalue weighted by Crippen LogP contribution is -2.52. The van der Waals surface area contributed by atoms with Crippen LogP contribution in [0.3, 0.4) is 0 Å². The van der Waals surface area contributed by atoms with E-state index in [1.807, 2.05) is 65.2 Å². The SMILES string of the molecule is CCCCSCC(=O)NN(NCn1cc[n+](C)c1)c1ccccc1. The first-order chi connectivity index (χ1) is 11.7. The number of para-hydroxylation sites is 1. The van der Waals surface area contributed by atoms with Crippen LogP contribution in [-0.4, -0.2) is 22.0 Å². The molecule has 2 N–H and O–H groups in total. The summed E-state index contributed by atoms with van der Waals surface area (Å²) in [6, 6.07) is 9.75. The van der Waals surface area contributed by atoms with Crippen LogP contribution >= 0.6 is 11.8 Å². The van der Waals surface area contributed by atoms with Crippen molar-refractivity contribution in [2.75, 3.05) is 16.6 Å². The Kier molecular flexibility index (Phi) is 7.64. The van der Waals surface area contributed by atoms with E-state index in [9.17, 15) is 4.79 Å². The molecule has 0 aliphatic heterocycles. The molecule has 0 saturated heterocycles. The number of nitrogens with zero attached hydrogens (tertiary/aromatic N) is 3. The van der Waals surface area contributed by atoms with Crippen LogP contribution in [0.4, 0.5) is 5.69 Å². The molecule has 0 radical (unpaired) electrons. The minimum atomic E-state index is -0.00878. The van der Waals surface area contributed by atoms with Crippen molar-refractivity contribution in [2.24, 2.45) is 7.05 Å². The average Bonchev–Trinajstić information content (AvgIpc) is 3.01. The number of benzene rings is 1. The molecule has 0 aliphatic rings. The maximum atomic E-state index is 12.2. The zero-order valence-corrected chi connectivity index (χ0v) is 15.1. The molecule has 0 unspecified atom stereocenters. The Labute approximate surface area is 147 Å². The number of unbranched alkanes of at least 4 members (excludes halogenated alkanes) is 1. The van der Waals surface area contributed by atoms with Gasteiger partial charge in [-0.1, -0.05) is 31.5 Å². The standard InChI is InChI=1S/C17H25N5OS/c1-3-4-12-24-13-17(23)19-22(16-8-6-5-7-9-16)18-14-21-11-10-20(2)15-21/h5-11,15,18H,3-4,12-14H2,1-2H3/p+1. The van der Waals surface area contributed by atoms with Gasteiger partial charge in [0.25, 0.3) is 0 Å². The monoisotopic (exact) mass is 348 g/mol. The molecule has 1 heterocycles. The van der Waals surface area contributed by atoms with Crippen LogP contribution in [0.15, 0.2) is 49.1 Å². The first-order valence-electron chi connectivity index (χ1n) is 8.16. The molecule has 1 aromatic carbocycles. The number of nitrogens with one attached hydrogen (secondary N) is 2. The Bertz CT molecular complexity index is 616. The predicted molar refractivity (Wildman–Crippen MR) is 98.0 cm³/mol. The Morgan fingerprint density at radius 3 is 2.79 bits per heavy atom. The van der Waals surface area contributed by atoms with E-state index in [2.05, 4.69) is 17.8 Å². The van der Waals surface area contributed by atoms with E-state index < -0.39 is 0 Å². The van der Waals surface area contributed by atoms with Crippen molar-refractivity contribution in [2.45, 2.75) is 26.4 Å². The van der Waals surface area contributed by atoms with Gasteiger partial charge in [-0.3, -0.25) is 10.2 Å². The molecule has 7 heteroatoms. The van der Waals surface area contributed by atoms with E-state index in [0.29, 0.717) is 12.4 Å². The Hall–Kier alpha value is -1.99. The minimum Gasteiger partial charge on any atom is -0.272 e. The summed E-state index contributed by atoms with van der Waals surface area (Å²) >= 11 is 1.67. The lowest BCUT2D eigenvalue weighted by atomic mass is 10.3. The summed E-state index contributed by atoms with van der Waals surface area (Å²) in [6.45, 7) is 2.71. The fourth-order valence-electron chi connectivity index (χ4n) is 2.09. The lowest BCUT2D eigenvalue weighted by Gasteiger charge is -2.24. The predicted octanol–water partition coefficient (Wildman–Crippen LogP) is 1.85. The largest absolute Gasteiger partial charge is 0.272 e. The van der Waals surface area contributed by atoms with Gasteiger partial charge in [0.15, 0.2) is 6.67 Å². The number of hydrazine groups is 2. The fraction of sp³-hybridized carbons (Fsp3) is 0.412. The lowest BCUT2D eigenvalue weighted by molar-refractivity contribution is -0.671. The normalized spacial score (nSPS) is 10.6. The van der Waals surface area contributed by atoms with Crippen LogP contribution in [0.2, 0.25) is 0 Å². The number of hydrogen-bond donors (Lipinski definition) is 2. The summed E-state index contributed by atoms with van der Waals surface area (Å²) in [5.41, 5.74) is 7.06. The van der Waals surface area contributed by atoms with Crippen molar-refractivity contribution in [3.05, 3.63) is 49.1 Å². The number of carbonyl (C=O) groups is 1. The van der Waals surface area contributed by atoms with Gasteiger partial charge in [0.2, 0.25) is 12.2 Å². The Balaban J connectivity index is 1.91. The van der Waals surface area contributed by atoms with Crippen molar-refractivity contribution in [1.82, 2.24) is 15.4 Å². The molecule has 0 fully saturated rings. The highest BCUT2D eigenvalue weighted by Crippen LogP contribution is 2.09. The van der Waals surface area contributed by atoms with Crippen molar-refractivity contribution in [3.8, 4) is 0 Å². The molecule has 24 heavy (non-hydrogen) atoms. The van der Waals surface area contributed by atoms with Gasteiger partial charge in [-0.05, 0) is 24.3 Å². The molecule has 1 aromatic heterocycles. The number of imidazole rings is 1. The topological polar surface area (TPSA) is 53.2 Å². The summed E-state index contributed by atoms with van der Waals surface area (Å²) in [7, 11) is 1.97. The molecule has 0 atom stereocenters. The van der Waals surface area contributed by atoms with Gasteiger partial charge in [0.1, 0.15) is 12.4 Å². The number of aromatic nitrogens is 2. The third-order valence-electron chi connectivity index (χ3n) is 3.36. The first kappa shape index (κ1) is 18.4. The van der Waals surface area contributed by atoms with Crippen LogP contribution in [0.25, 0.3) is 0 Å². The molecule has 6 nitrogen and oxygen atoms in total. The molecule has 130 valence electrons. The molecule has 0 spiro atoms. The van der Waals surface area contributed by atoms with Crippen molar-refractivity contribution >= 4 is 23.4 Å². The fourth-order valence-corrected chi connectivity index (χ4v) is 2.98.